The normalized spacial score (nSPS) is 19.4. The van der Waals surface area contributed by atoms with Crippen molar-refractivity contribution < 1.29 is 5.11 Å². The minimum absolute atomic E-state index is 0.231. The molecule has 2 unspecified atom stereocenters. The van der Waals surface area contributed by atoms with Crippen LogP contribution in [-0.2, 0) is 12.8 Å². The summed E-state index contributed by atoms with van der Waals surface area (Å²) < 4.78 is 0. The van der Waals surface area contributed by atoms with Crippen molar-refractivity contribution in [2.24, 2.45) is 0 Å². The molecule has 2 aromatic rings. The van der Waals surface area contributed by atoms with E-state index in [0.717, 1.165) is 24.8 Å². The summed E-state index contributed by atoms with van der Waals surface area (Å²) in [5.41, 5.74) is 9.45. The number of aliphatic hydroxyl groups is 1. The van der Waals surface area contributed by atoms with Crippen molar-refractivity contribution in [2.75, 3.05) is 5.73 Å². The average molecular weight is 268 g/mol. The van der Waals surface area contributed by atoms with Gasteiger partial charge in [0.25, 0.3) is 0 Å². The van der Waals surface area contributed by atoms with Crippen LogP contribution in [0.2, 0.25) is 0 Å². The van der Waals surface area contributed by atoms with E-state index in [2.05, 4.69) is 29.2 Å². The number of aryl methyl sites for hydroxylation is 1. The number of aliphatic hydroxyl groups excluding tert-OH is 1. The van der Waals surface area contributed by atoms with Crippen molar-refractivity contribution in [1.82, 2.24) is 4.98 Å². The van der Waals surface area contributed by atoms with Gasteiger partial charge in [0.2, 0.25) is 0 Å². The van der Waals surface area contributed by atoms with Gasteiger partial charge in [0, 0.05) is 12.1 Å². The minimum Gasteiger partial charge on any atom is -0.392 e. The first-order valence-electron chi connectivity index (χ1n) is 7.20. The van der Waals surface area contributed by atoms with Gasteiger partial charge < -0.3 is 10.8 Å². The second kappa shape index (κ2) is 5.63. The molecule has 3 N–H and O–H groups in total. The Labute approximate surface area is 119 Å². The highest BCUT2D eigenvalue weighted by molar-refractivity contribution is 5.35. The third-order valence-electron chi connectivity index (χ3n) is 4.17. The first-order valence-corrected chi connectivity index (χ1v) is 7.20. The average Bonchev–Trinajstić information content (AvgIpc) is 2.46. The molecule has 1 aromatic heterocycles. The van der Waals surface area contributed by atoms with Gasteiger partial charge >= 0.3 is 0 Å². The molecule has 0 saturated heterocycles. The Bertz CT molecular complexity index is 597. The summed E-state index contributed by atoms with van der Waals surface area (Å²) >= 11 is 0. The molecule has 0 bridgehead atoms. The van der Waals surface area contributed by atoms with Crippen LogP contribution in [0.5, 0.6) is 0 Å². The first-order chi connectivity index (χ1) is 9.74. The van der Waals surface area contributed by atoms with Crippen molar-refractivity contribution in [2.45, 2.75) is 37.7 Å². The van der Waals surface area contributed by atoms with Gasteiger partial charge in [-0.25, -0.2) is 4.98 Å². The van der Waals surface area contributed by atoms with Gasteiger partial charge in [-0.05, 0) is 54.5 Å². The molecule has 1 heterocycles. The molecule has 0 fully saturated rings. The lowest BCUT2D eigenvalue weighted by atomic mass is 9.78. The number of hydrogen-bond donors (Lipinski definition) is 2. The van der Waals surface area contributed by atoms with E-state index < -0.39 is 0 Å². The Hall–Kier alpha value is -1.87. The molecule has 0 saturated carbocycles. The number of pyridine rings is 1. The third kappa shape index (κ3) is 2.68. The molecule has 104 valence electrons. The monoisotopic (exact) mass is 268 g/mol. The largest absolute Gasteiger partial charge is 0.392 e. The summed E-state index contributed by atoms with van der Waals surface area (Å²) in [5, 5.41) is 10.6. The topological polar surface area (TPSA) is 59.1 Å². The molecule has 0 amide bonds. The lowest BCUT2D eigenvalue weighted by Gasteiger charge is -2.29. The Balaban J connectivity index is 1.80. The Morgan fingerprint density at radius 2 is 2.15 bits per heavy atom. The molecule has 0 radical (unpaired) electrons. The van der Waals surface area contributed by atoms with Crippen LogP contribution in [0, 0.1) is 0 Å². The quantitative estimate of drug-likeness (QED) is 0.899. The lowest BCUT2D eigenvalue weighted by Crippen LogP contribution is -2.25. The van der Waals surface area contributed by atoms with Gasteiger partial charge in [0.05, 0.1) is 6.10 Å². The predicted molar refractivity (Wildman–Crippen MR) is 80.5 cm³/mol. The number of nitrogen functional groups attached to an aromatic ring is 1. The van der Waals surface area contributed by atoms with E-state index >= 15 is 0 Å². The molecule has 3 nitrogen and oxygen atoms in total. The van der Waals surface area contributed by atoms with Gasteiger partial charge in [-0.3, -0.25) is 0 Å². The number of rotatable bonds is 3. The SMILES string of the molecule is Nc1cc(CC(O)C2CCCc3ccccc32)ccn1. The van der Waals surface area contributed by atoms with Crippen molar-refractivity contribution in [3.8, 4) is 0 Å². The van der Waals surface area contributed by atoms with Crippen LogP contribution >= 0.6 is 0 Å². The smallest absolute Gasteiger partial charge is 0.123 e. The van der Waals surface area contributed by atoms with E-state index in [1.54, 1.807) is 6.20 Å². The van der Waals surface area contributed by atoms with Gasteiger partial charge in [-0.1, -0.05) is 24.3 Å². The molecule has 2 atom stereocenters. The Morgan fingerprint density at radius 1 is 1.30 bits per heavy atom. The van der Waals surface area contributed by atoms with Crippen LogP contribution in [-0.4, -0.2) is 16.2 Å². The molecule has 0 spiro atoms. The van der Waals surface area contributed by atoms with Crippen molar-refractivity contribution in [3.63, 3.8) is 0 Å². The highest BCUT2D eigenvalue weighted by Crippen LogP contribution is 2.34. The number of anilines is 1. The maximum absolute atomic E-state index is 10.6. The number of aromatic nitrogens is 1. The zero-order valence-corrected chi connectivity index (χ0v) is 11.5. The first kappa shape index (κ1) is 13.1. The van der Waals surface area contributed by atoms with E-state index in [9.17, 15) is 5.11 Å². The van der Waals surface area contributed by atoms with Gasteiger partial charge in [-0.2, -0.15) is 0 Å². The minimum atomic E-state index is -0.363. The number of benzene rings is 1. The van der Waals surface area contributed by atoms with Crippen LogP contribution in [0.25, 0.3) is 0 Å². The summed E-state index contributed by atoms with van der Waals surface area (Å²) in [6.45, 7) is 0. The predicted octanol–water partition coefficient (Wildman–Crippen LogP) is 2.69. The lowest BCUT2D eigenvalue weighted by molar-refractivity contribution is 0.134. The van der Waals surface area contributed by atoms with Crippen LogP contribution in [0.4, 0.5) is 5.82 Å². The van der Waals surface area contributed by atoms with Gasteiger partial charge in [0.1, 0.15) is 5.82 Å². The Morgan fingerprint density at radius 3 is 3.00 bits per heavy atom. The molecule has 1 aromatic carbocycles. The fraction of sp³-hybridized carbons (Fsp3) is 0.353. The van der Waals surface area contributed by atoms with E-state index in [1.165, 1.54) is 11.1 Å². The molecular formula is C17H20N2O. The van der Waals surface area contributed by atoms with E-state index in [4.69, 9.17) is 5.73 Å². The van der Waals surface area contributed by atoms with Crippen LogP contribution in [0.15, 0.2) is 42.6 Å². The summed E-state index contributed by atoms with van der Waals surface area (Å²) in [7, 11) is 0. The fourth-order valence-corrected chi connectivity index (χ4v) is 3.20. The second-order valence-corrected chi connectivity index (χ2v) is 5.56. The number of hydrogen-bond acceptors (Lipinski definition) is 3. The maximum Gasteiger partial charge on any atom is 0.123 e. The van der Waals surface area contributed by atoms with Gasteiger partial charge in [-0.15, -0.1) is 0 Å². The summed E-state index contributed by atoms with van der Waals surface area (Å²) in [5.74, 6) is 0.744. The van der Waals surface area contributed by atoms with Crippen LogP contribution < -0.4 is 5.73 Å². The van der Waals surface area contributed by atoms with E-state index in [-0.39, 0.29) is 12.0 Å². The molecule has 3 rings (SSSR count). The molecule has 0 aliphatic heterocycles. The van der Waals surface area contributed by atoms with E-state index in [0.29, 0.717) is 12.2 Å². The van der Waals surface area contributed by atoms with E-state index in [1.807, 2.05) is 12.1 Å². The molecule has 3 heteroatoms. The van der Waals surface area contributed by atoms with Crippen LogP contribution in [0.3, 0.4) is 0 Å². The highest BCUT2D eigenvalue weighted by Gasteiger charge is 2.26. The zero-order valence-electron chi connectivity index (χ0n) is 11.5. The standard InChI is InChI=1S/C17H20N2O/c18-17-11-12(8-9-19-17)10-16(20)15-7-3-5-13-4-1-2-6-14(13)15/h1-2,4,6,8-9,11,15-16,20H,3,5,7,10H2,(H2,18,19). The van der Waals surface area contributed by atoms with Crippen molar-refractivity contribution in [1.29, 1.82) is 0 Å². The van der Waals surface area contributed by atoms with Crippen molar-refractivity contribution >= 4 is 5.82 Å². The van der Waals surface area contributed by atoms with Gasteiger partial charge in [0.15, 0.2) is 0 Å². The van der Waals surface area contributed by atoms with Crippen molar-refractivity contribution in [3.05, 3.63) is 59.3 Å². The second-order valence-electron chi connectivity index (χ2n) is 5.56. The number of nitrogens with two attached hydrogens (primary N) is 1. The molecule has 1 aliphatic carbocycles. The maximum atomic E-state index is 10.6. The Kier molecular flexibility index (Phi) is 3.70. The third-order valence-corrected chi connectivity index (χ3v) is 4.17. The van der Waals surface area contributed by atoms with Crippen LogP contribution in [0.1, 0.15) is 35.4 Å². The summed E-state index contributed by atoms with van der Waals surface area (Å²) in [6.07, 6.45) is 5.30. The fourth-order valence-electron chi connectivity index (χ4n) is 3.20. The summed E-state index contributed by atoms with van der Waals surface area (Å²) in [4.78, 5) is 3.99. The molecular weight excluding hydrogens is 248 g/mol. The number of fused-ring (bicyclic) bond motifs is 1. The zero-order chi connectivity index (χ0) is 13.9. The summed E-state index contributed by atoms with van der Waals surface area (Å²) in [6, 6.07) is 12.2. The number of nitrogens with zero attached hydrogens (tertiary/aromatic N) is 1. The highest BCUT2D eigenvalue weighted by atomic mass is 16.3. The molecule has 1 aliphatic rings. The molecule has 20 heavy (non-hydrogen) atoms.